The van der Waals surface area contributed by atoms with Crippen LogP contribution in [0.3, 0.4) is 0 Å². The van der Waals surface area contributed by atoms with E-state index in [0.29, 0.717) is 15.1 Å². The fourth-order valence-electron chi connectivity index (χ4n) is 1.64. The van der Waals surface area contributed by atoms with Crippen molar-refractivity contribution in [3.8, 4) is 0 Å². The minimum absolute atomic E-state index is 0.267. The van der Waals surface area contributed by atoms with Crippen molar-refractivity contribution >= 4 is 27.5 Å². The molecule has 96 valence electrons. The second-order valence-electron chi connectivity index (χ2n) is 3.55. The van der Waals surface area contributed by atoms with Gasteiger partial charge in [0.15, 0.2) is 0 Å². The average molecular weight is 268 g/mol. The fourth-order valence-corrected chi connectivity index (χ4v) is 2.57. The van der Waals surface area contributed by atoms with Gasteiger partial charge < -0.3 is 4.74 Å². The number of nitrogens with zero attached hydrogens (tertiary/aromatic N) is 1. The van der Waals surface area contributed by atoms with Crippen LogP contribution in [0, 0.1) is 0 Å². The third-order valence-corrected chi connectivity index (χ3v) is 3.50. The SMILES string of the molecule is CCOC(=O)c1cc2c(=O)n(CC)c(=O)[nH]c2s1. The number of fused-ring (bicyclic) bond motifs is 1. The molecule has 0 aliphatic carbocycles. The minimum Gasteiger partial charge on any atom is -0.462 e. The Morgan fingerprint density at radius 2 is 2.17 bits per heavy atom. The molecule has 1 N–H and O–H groups in total. The quantitative estimate of drug-likeness (QED) is 0.840. The van der Waals surface area contributed by atoms with Crippen molar-refractivity contribution in [1.82, 2.24) is 9.55 Å². The van der Waals surface area contributed by atoms with Crippen molar-refractivity contribution in [3.63, 3.8) is 0 Å². The highest BCUT2D eigenvalue weighted by Crippen LogP contribution is 2.20. The Bertz CT molecular complexity index is 710. The largest absolute Gasteiger partial charge is 0.462 e. The van der Waals surface area contributed by atoms with Gasteiger partial charge in [-0.15, -0.1) is 11.3 Å². The van der Waals surface area contributed by atoms with Gasteiger partial charge in [0.05, 0.1) is 12.0 Å². The second kappa shape index (κ2) is 4.77. The van der Waals surface area contributed by atoms with Gasteiger partial charge in [0.1, 0.15) is 9.71 Å². The van der Waals surface area contributed by atoms with Crippen molar-refractivity contribution in [2.75, 3.05) is 6.61 Å². The molecular formula is C11H12N2O4S. The zero-order chi connectivity index (χ0) is 13.3. The lowest BCUT2D eigenvalue weighted by Gasteiger charge is -1.98. The number of hydrogen-bond acceptors (Lipinski definition) is 5. The van der Waals surface area contributed by atoms with Crippen LogP contribution in [0.25, 0.3) is 10.2 Å². The van der Waals surface area contributed by atoms with E-state index < -0.39 is 11.7 Å². The van der Waals surface area contributed by atoms with Crippen molar-refractivity contribution in [2.45, 2.75) is 20.4 Å². The molecule has 2 heterocycles. The van der Waals surface area contributed by atoms with E-state index in [1.165, 1.54) is 6.07 Å². The molecule has 2 aromatic heterocycles. The van der Waals surface area contributed by atoms with Crippen LogP contribution >= 0.6 is 11.3 Å². The summed E-state index contributed by atoms with van der Waals surface area (Å²) in [5.74, 6) is -0.484. The summed E-state index contributed by atoms with van der Waals surface area (Å²) in [5, 5.41) is 0.338. The molecule has 0 amide bonds. The van der Waals surface area contributed by atoms with Crippen LogP contribution in [0.2, 0.25) is 0 Å². The van der Waals surface area contributed by atoms with E-state index in [2.05, 4.69) is 4.98 Å². The number of ether oxygens (including phenoxy) is 1. The zero-order valence-electron chi connectivity index (χ0n) is 9.98. The molecule has 0 saturated carbocycles. The van der Waals surface area contributed by atoms with E-state index in [0.717, 1.165) is 15.9 Å². The smallest absolute Gasteiger partial charge is 0.348 e. The lowest BCUT2D eigenvalue weighted by Crippen LogP contribution is -2.33. The van der Waals surface area contributed by atoms with E-state index in [1.807, 2.05) is 0 Å². The van der Waals surface area contributed by atoms with Gasteiger partial charge in [-0.3, -0.25) is 14.3 Å². The molecule has 0 aliphatic rings. The minimum atomic E-state index is -0.484. The third-order valence-electron chi connectivity index (χ3n) is 2.47. The molecule has 0 aliphatic heterocycles. The van der Waals surface area contributed by atoms with Gasteiger partial charge >= 0.3 is 11.7 Å². The van der Waals surface area contributed by atoms with Gasteiger partial charge in [-0.1, -0.05) is 0 Å². The number of thiophene rings is 1. The first kappa shape index (κ1) is 12.6. The third kappa shape index (κ3) is 1.97. The molecule has 6 nitrogen and oxygen atoms in total. The van der Waals surface area contributed by atoms with Gasteiger partial charge in [-0.25, -0.2) is 9.59 Å². The summed E-state index contributed by atoms with van der Waals surface area (Å²) >= 11 is 1.05. The summed E-state index contributed by atoms with van der Waals surface area (Å²) in [5.41, 5.74) is -0.852. The molecule has 0 radical (unpaired) electrons. The average Bonchev–Trinajstić information content (AvgIpc) is 2.74. The summed E-state index contributed by atoms with van der Waals surface area (Å²) in [7, 11) is 0. The standard InChI is InChI=1S/C11H12N2O4S/c1-3-13-9(14)6-5-7(10(15)17-4-2)18-8(6)12-11(13)16/h5H,3-4H2,1-2H3,(H,12,16). The van der Waals surface area contributed by atoms with Gasteiger partial charge in [0, 0.05) is 6.54 Å². The van der Waals surface area contributed by atoms with E-state index in [4.69, 9.17) is 4.74 Å². The maximum Gasteiger partial charge on any atom is 0.348 e. The molecule has 0 atom stereocenters. The monoisotopic (exact) mass is 268 g/mol. The Morgan fingerprint density at radius 3 is 2.78 bits per heavy atom. The van der Waals surface area contributed by atoms with E-state index in [9.17, 15) is 14.4 Å². The first-order valence-corrected chi connectivity index (χ1v) is 6.33. The van der Waals surface area contributed by atoms with Crippen molar-refractivity contribution in [3.05, 3.63) is 31.8 Å². The highest BCUT2D eigenvalue weighted by atomic mass is 32.1. The number of aromatic nitrogens is 2. The first-order valence-electron chi connectivity index (χ1n) is 5.52. The highest BCUT2D eigenvalue weighted by Gasteiger charge is 2.15. The molecule has 0 aromatic carbocycles. The molecule has 7 heteroatoms. The molecular weight excluding hydrogens is 256 g/mol. The summed E-state index contributed by atoms with van der Waals surface area (Å²) < 4.78 is 5.94. The number of carbonyl (C=O) groups is 1. The maximum atomic E-state index is 12.0. The number of nitrogens with one attached hydrogen (secondary N) is 1. The van der Waals surface area contributed by atoms with Gasteiger partial charge in [0.2, 0.25) is 0 Å². The number of aromatic amines is 1. The van der Waals surface area contributed by atoms with Crippen molar-refractivity contribution in [2.24, 2.45) is 0 Å². The van der Waals surface area contributed by atoms with Gasteiger partial charge in [0.25, 0.3) is 5.56 Å². The Morgan fingerprint density at radius 1 is 1.44 bits per heavy atom. The fraction of sp³-hybridized carbons (Fsp3) is 0.364. The molecule has 2 rings (SSSR count). The van der Waals surface area contributed by atoms with Crippen molar-refractivity contribution in [1.29, 1.82) is 0 Å². The molecule has 0 unspecified atom stereocenters. The number of hydrogen-bond donors (Lipinski definition) is 1. The lowest BCUT2D eigenvalue weighted by atomic mass is 10.3. The van der Waals surface area contributed by atoms with Crippen LogP contribution in [0.1, 0.15) is 23.5 Å². The van der Waals surface area contributed by atoms with Crippen LogP contribution in [0.5, 0.6) is 0 Å². The summed E-state index contributed by atoms with van der Waals surface area (Å²) in [6.45, 7) is 3.97. The zero-order valence-corrected chi connectivity index (χ0v) is 10.8. The molecule has 0 fully saturated rings. The first-order chi connectivity index (χ1) is 8.58. The Balaban J connectivity index is 2.66. The van der Waals surface area contributed by atoms with Crippen LogP contribution in [-0.2, 0) is 11.3 Å². The van der Waals surface area contributed by atoms with Gasteiger partial charge in [-0.2, -0.15) is 0 Å². The maximum absolute atomic E-state index is 12.0. The number of esters is 1. The summed E-state index contributed by atoms with van der Waals surface area (Å²) in [6.07, 6.45) is 0. The Hall–Kier alpha value is -1.89. The number of H-pyrrole nitrogens is 1. The van der Waals surface area contributed by atoms with Crippen LogP contribution < -0.4 is 11.2 Å². The van der Waals surface area contributed by atoms with Gasteiger partial charge in [-0.05, 0) is 19.9 Å². The lowest BCUT2D eigenvalue weighted by molar-refractivity contribution is 0.0532. The normalized spacial score (nSPS) is 10.8. The van der Waals surface area contributed by atoms with Crippen LogP contribution in [0.4, 0.5) is 0 Å². The summed E-state index contributed by atoms with van der Waals surface area (Å²) in [4.78, 5) is 38.4. The highest BCUT2D eigenvalue weighted by molar-refractivity contribution is 7.20. The molecule has 0 spiro atoms. The molecule has 0 saturated heterocycles. The number of carbonyl (C=O) groups excluding carboxylic acids is 1. The molecule has 0 bridgehead atoms. The van der Waals surface area contributed by atoms with E-state index in [1.54, 1.807) is 13.8 Å². The molecule has 2 aromatic rings. The molecule has 18 heavy (non-hydrogen) atoms. The topological polar surface area (TPSA) is 81.2 Å². The van der Waals surface area contributed by atoms with E-state index in [-0.39, 0.29) is 18.7 Å². The van der Waals surface area contributed by atoms with Crippen LogP contribution in [0.15, 0.2) is 15.7 Å². The van der Waals surface area contributed by atoms with E-state index >= 15 is 0 Å². The van der Waals surface area contributed by atoms with Crippen LogP contribution in [-0.4, -0.2) is 22.1 Å². The predicted octanol–water partition coefficient (Wildman–Crippen LogP) is 0.948. The Kier molecular flexibility index (Phi) is 3.33. The number of rotatable bonds is 3. The Labute approximate surface area is 106 Å². The summed E-state index contributed by atoms with van der Waals surface area (Å²) in [6, 6.07) is 1.46. The second-order valence-corrected chi connectivity index (χ2v) is 4.61. The predicted molar refractivity (Wildman–Crippen MR) is 68.3 cm³/mol. The van der Waals surface area contributed by atoms with Crippen molar-refractivity contribution < 1.29 is 9.53 Å².